The average molecular weight is 477 g/mol. The lowest BCUT2D eigenvalue weighted by atomic mass is 9.90. The molecule has 8 heteroatoms. The van der Waals surface area contributed by atoms with E-state index >= 15 is 0 Å². The maximum atomic E-state index is 12.7. The third-order valence-corrected chi connectivity index (χ3v) is 7.01. The highest BCUT2D eigenvalue weighted by atomic mass is 16.5. The first-order chi connectivity index (χ1) is 17.0. The van der Waals surface area contributed by atoms with Crippen molar-refractivity contribution in [3.8, 4) is 11.1 Å². The normalized spacial score (nSPS) is 24.9. The Morgan fingerprint density at radius 3 is 2.37 bits per heavy atom. The van der Waals surface area contributed by atoms with Crippen LogP contribution in [0.1, 0.15) is 36.3 Å². The Bertz CT molecular complexity index is 1120. The van der Waals surface area contributed by atoms with Gasteiger partial charge in [-0.05, 0) is 41.5 Å². The summed E-state index contributed by atoms with van der Waals surface area (Å²) >= 11 is 0. The van der Waals surface area contributed by atoms with Crippen molar-refractivity contribution < 1.29 is 29.0 Å². The van der Waals surface area contributed by atoms with E-state index in [4.69, 9.17) is 9.47 Å². The average Bonchev–Trinajstić information content (AvgIpc) is 3.45. The van der Waals surface area contributed by atoms with Crippen molar-refractivity contribution >= 4 is 18.0 Å². The minimum Gasteiger partial charge on any atom is -0.479 e. The second-order valence-corrected chi connectivity index (χ2v) is 9.21. The van der Waals surface area contributed by atoms with Gasteiger partial charge in [0.1, 0.15) is 6.61 Å². The van der Waals surface area contributed by atoms with Crippen LogP contribution in [0, 0.1) is 5.92 Å². The van der Waals surface area contributed by atoms with E-state index < -0.39 is 24.2 Å². The maximum absolute atomic E-state index is 12.7. The van der Waals surface area contributed by atoms with Crippen molar-refractivity contribution in [2.24, 2.45) is 5.92 Å². The number of nitrogens with one attached hydrogen (secondary N) is 2. The highest BCUT2D eigenvalue weighted by Gasteiger charge is 2.37. The standard InChI is InChI=1S/C27H28N2O6/c30-25(29-23-12-13-34-24(23)26(31)32)16-6-5-7-17(14-16)28-27(33)35-15-22-20-10-3-1-8-18(20)19-9-2-4-11-21(19)22/h1-5,7-11,16-17,22-24H,6,12-15H2,(H,28,33)(H,29,30)(H,31,32)/t16?,17?,23-,24+/m1/s1. The van der Waals surface area contributed by atoms with Crippen LogP contribution in [-0.2, 0) is 19.1 Å². The fourth-order valence-corrected chi connectivity index (χ4v) is 5.28. The van der Waals surface area contributed by atoms with Crippen LogP contribution in [0.5, 0.6) is 0 Å². The summed E-state index contributed by atoms with van der Waals surface area (Å²) in [7, 11) is 0. The number of hydrogen-bond acceptors (Lipinski definition) is 5. The van der Waals surface area contributed by atoms with Gasteiger partial charge in [0.05, 0.1) is 12.1 Å². The second kappa shape index (κ2) is 9.92. The van der Waals surface area contributed by atoms with E-state index in [1.807, 2.05) is 36.4 Å². The Morgan fingerprint density at radius 1 is 1.00 bits per heavy atom. The first-order valence-electron chi connectivity index (χ1n) is 11.9. The zero-order valence-corrected chi connectivity index (χ0v) is 19.2. The molecule has 2 amide bonds. The fourth-order valence-electron chi connectivity index (χ4n) is 5.28. The first kappa shape index (κ1) is 23.1. The number of ether oxygens (including phenoxy) is 2. The summed E-state index contributed by atoms with van der Waals surface area (Å²) in [6.07, 6.45) is 3.58. The van der Waals surface area contributed by atoms with Crippen molar-refractivity contribution in [3.05, 3.63) is 71.8 Å². The number of alkyl carbamates (subject to hydrolysis) is 1. The van der Waals surface area contributed by atoms with Gasteiger partial charge < -0.3 is 25.2 Å². The summed E-state index contributed by atoms with van der Waals surface area (Å²) in [5.74, 6) is -1.69. The van der Waals surface area contributed by atoms with Gasteiger partial charge >= 0.3 is 12.1 Å². The van der Waals surface area contributed by atoms with Crippen LogP contribution in [0.3, 0.4) is 0 Å². The molecule has 1 fully saturated rings. The van der Waals surface area contributed by atoms with E-state index in [0.29, 0.717) is 25.9 Å². The third-order valence-electron chi connectivity index (χ3n) is 7.01. The number of aliphatic carboxylic acids is 1. The van der Waals surface area contributed by atoms with Gasteiger partial charge in [-0.2, -0.15) is 0 Å². The lowest BCUT2D eigenvalue weighted by Crippen LogP contribution is -2.48. The highest BCUT2D eigenvalue weighted by molar-refractivity contribution is 5.82. The zero-order valence-electron chi connectivity index (χ0n) is 19.2. The number of benzene rings is 2. The molecule has 35 heavy (non-hydrogen) atoms. The molecule has 1 saturated heterocycles. The number of carbonyl (C=O) groups is 3. The zero-order chi connectivity index (χ0) is 24.4. The Kier molecular flexibility index (Phi) is 6.55. The lowest BCUT2D eigenvalue weighted by Gasteiger charge is -2.26. The van der Waals surface area contributed by atoms with Crippen molar-refractivity contribution in [2.75, 3.05) is 13.2 Å². The van der Waals surface area contributed by atoms with E-state index in [2.05, 4.69) is 34.9 Å². The number of fused-ring (bicyclic) bond motifs is 3. The molecule has 8 nitrogen and oxygen atoms in total. The molecule has 5 rings (SSSR count). The van der Waals surface area contributed by atoms with Crippen molar-refractivity contribution in [2.45, 2.75) is 43.4 Å². The van der Waals surface area contributed by atoms with Gasteiger partial charge in [-0.3, -0.25) is 4.79 Å². The number of carbonyl (C=O) groups excluding carboxylic acids is 2. The number of rotatable bonds is 6. The Morgan fingerprint density at radius 2 is 1.69 bits per heavy atom. The van der Waals surface area contributed by atoms with Crippen LogP contribution >= 0.6 is 0 Å². The molecular weight excluding hydrogens is 448 g/mol. The molecule has 0 bridgehead atoms. The summed E-state index contributed by atoms with van der Waals surface area (Å²) in [4.78, 5) is 36.7. The van der Waals surface area contributed by atoms with Crippen LogP contribution in [0.15, 0.2) is 60.7 Å². The molecule has 0 spiro atoms. The number of carboxylic acid groups (broad SMARTS) is 1. The Hall–Kier alpha value is -3.65. The number of carboxylic acids is 1. The summed E-state index contributed by atoms with van der Waals surface area (Å²) < 4.78 is 10.8. The molecule has 0 saturated carbocycles. The molecule has 3 aliphatic rings. The van der Waals surface area contributed by atoms with Gasteiger partial charge in [0.25, 0.3) is 0 Å². The summed E-state index contributed by atoms with van der Waals surface area (Å²) in [6.45, 7) is 0.525. The SMILES string of the molecule is O=C(NC1C=CCC(C(=O)N[C@@H]2CCO[C@@H]2C(=O)O)C1)OCC1c2ccccc2-c2ccccc21. The molecule has 2 aromatic rings. The van der Waals surface area contributed by atoms with E-state index in [1.165, 1.54) is 11.1 Å². The molecule has 3 N–H and O–H groups in total. The second-order valence-electron chi connectivity index (χ2n) is 9.21. The molecule has 4 atom stereocenters. The molecule has 182 valence electrons. The number of amides is 2. The minimum atomic E-state index is -1.08. The monoisotopic (exact) mass is 476 g/mol. The molecular formula is C27H28N2O6. The van der Waals surface area contributed by atoms with Gasteiger partial charge in [0.15, 0.2) is 6.10 Å². The van der Waals surface area contributed by atoms with Crippen molar-refractivity contribution in [1.82, 2.24) is 10.6 Å². The fraction of sp³-hybridized carbons (Fsp3) is 0.370. The van der Waals surface area contributed by atoms with Gasteiger partial charge in [-0.1, -0.05) is 60.7 Å². The quantitative estimate of drug-likeness (QED) is 0.552. The molecule has 1 aliphatic heterocycles. The van der Waals surface area contributed by atoms with E-state index in [0.717, 1.165) is 11.1 Å². The first-order valence-corrected chi connectivity index (χ1v) is 11.9. The highest BCUT2D eigenvalue weighted by Crippen LogP contribution is 2.44. The summed E-state index contributed by atoms with van der Waals surface area (Å²) in [5, 5.41) is 14.9. The predicted octanol–water partition coefficient (Wildman–Crippen LogP) is 3.22. The molecule has 2 aliphatic carbocycles. The van der Waals surface area contributed by atoms with Crippen LogP contribution < -0.4 is 10.6 Å². The van der Waals surface area contributed by atoms with Crippen LogP contribution in [0.4, 0.5) is 4.79 Å². The molecule has 0 aromatic heterocycles. The Labute approximate surface area is 203 Å². The topological polar surface area (TPSA) is 114 Å². The van der Waals surface area contributed by atoms with Gasteiger partial charge in [0.2, 0.25) is 5.91 Å². The molecule has 2 aromatic carbocycles. The van der Waals surface area contributed by atoms with Crippen LogP contribution in [0.25, 0.3) is 11.1 Å². The largest absolute Gasteiger partial charge is 0.479 e. The molecule has 0 radical (unpaired) electrons. The Balaban J connectivity index is 1.15. The minimum absolute atomic E-state index is 0.0237. The van der Waals surface area contributed by atoms with E-state index in [1.54, 1.807) is 0 Å². The van der Waals surface area contributed by atoms with Gasteiger partial charge in [-0.25, -0.2) is 9.59 Å². The van der Waals surface area contributed by atoms with Gasteiger partial charge in [-0.15, -0.1) is 0 Å². The predicted molar refractivity (Wildman–Crippen MR) is 128 cm³/mol. The van der Waals surface area contributed by atoms with E-state index in [9.17, 15) is 19.5 Å². The molecule has 1 heterocycles. The summed E-state index contributed by atoms with van der Waals surface area (Å²) in [6, 6.07) is 15.4. The lowest BCUT2D eigenvalue weighted by molar-refractivity contribution is -0.148. The van der Waals surface area contributed by atoms with Crippen molar-refractivity contribution in [1.29, 1.82) is 0 Å². The number of hydrogen-bond donors (Lipinski definition) is 3. The smallest absolute Gasteiger partial charge is 0.407 e. The van der Waals surface area contributed by atoms with E-state index in [-0.39, 0.29) is 30.4 Å². The van der Waals surface area contributed by atoms with Crippen molar-refractivity contribution in [3.63, 3.8) is 0 Å². The van der Waals surface area contributed by atoms with Crippen LogP contribution in [0.2, 0.25) is 0 Å². The van der Waals surface area contributed by atoms with Crippen LogP contribution in [-0.4, -0.2) is 54.5 Å². The third kappa shape index (κ3) is 4.79. The number of allylic oxidation sites excluding steroid dienone is 1. The van der Waals surface area contributed by atoms with Gasteiger partial charge in [0, 0.05) is 18.4 Å². The summed E-state index contributed by atoms with van der Waals surface area (Å²) in [5.41, 5.74) is 4.62. The molecule has 2 unspecified atom stereocenters. The maximum Gasteiger partial charge on any atom is 0.407 e.